The predicted molar refractivity (Wildman–Crippen MR) is 79.5 cm³/mol. The second kappa shape index (κ2) is 8.12. The summed E-state index contributed by atoms with van der Waals surface area (Å²) in [6.07, 6.45) is 3.46. The van der Waals surface area contributed by atoms with Gasteiger partial charge in [0.25, 0.3) is 0 Å². The van der Waals surface area contributed by atoms with Gasteiger partial charge in [-0.25, -0.2) is 0 Å². The van der Waals surface area contributed by atoms with Gasteiger partial charge >= 0.3 is 0 Å². The zero-order chi connectivity index (χ0) is 14.2. The Labute approximate surface area is 124 Å². The van der Waals surface area contributed by atoms with E-state index in [-0.39, 0.29) is 12.0 Å². The first-order chi connectivity index (χ1) is 9.78. The highest BCUT2D eigenvalue weighted by molar-refractivity contribution is 6.18. The van der Waals surface area contributed by atoms with Crippen LogP contribution in [-0.2, 0) is 9.53 Å². The average molecular weight is 298 g/mol. The molecular formula is C15H20ClNO3. The first kappa shape index (κ1) is 15.1. The highest BCUT2D eigenvalue weighted by atomic mass is 35.5. The third-order valence-electron chi connectivity index (χ3n) is 3.12. The van der Waals surface area contributed by atoms with E-state index in [9.17, 15) is 4.79 Å². The number of nitrogens with one attached hydrogen (secondary N) is 1. The molecule has 0 aromatic heterocycles. The molecule has 20 heavy (non-hydrogen) atoms. The third kappa shape index (κ3) is 5.02. The molecule has 1 aliphatic rings. The Balaban J connectivity index is 1.82. The van der Waals surface area contributed by atoms with Gasteiger partial charge < -0.3 is 14.8 Å². The number of rotatable bonds is 7. The number of hydrogen-bond donors (Lipinski definition) is 1. The van der Waals surface area contributed by atoms with Crippen LogP contribution in [0.5, 0.6) is 5.75 Å². The summed E-state index contributed by atoms with van der Waals surface area (Å²) in [4.78, 5) is 11.6. The third-order valence-corrected chi connectivity index (χ3v) is 3.38. The fraction of sp³-hybridized carbons (Fsp3) is 0.533. The quantitative estimate of drug-likeness (QED) is 0.786. The van der Waals surface area contributed by atoms with Crippen LogP contribution in [0, 0.1) is 0 Å². The van der Waals surface area contributed by atoms with Gasteiger partial charge in [0.15, 0.2) is 0 Å². The van der Waals surface area contributed by atoms with Gasteiger partial charge in [-0.3, -0.25) is 4.79 Å². The van der Waals surface area contributed by atoms with Crippen LogP contribution in [0.1, 0.15) is 25.7 Å². The van der Waals surface area contributed by atoms with Crippen LogP contribution in [0.2, 0.25) is 0 Å². The first-order valence-corrected chi connectivity index (χ1v) is 7.51. The van der Waals surface area contributed by atoms with Crippen LogP contribution < -0.4 is 10.1 Å². The van der Waals surface area contributed by atoms with Crippen molar-refractivity contribution in [2.45, 2.75) is 31.8 Å². The monoisotopic (exact) mass is 297 g/mol. The lowest BCUT2D eigenvalue weighted by Gasteiger charge is -2.12. The van der Waals surface area contributed by atoms with Gasteiger partial charge in [-0.2, -0.15) is 0 Å². The van der Waals surface area contributed by atoms with Gasteiger partial charge in [0.2, 0.25) is 5.91 Å². The number of benzene rings is 1. The number of halogens is 1. The maximum absolute atomic E-state index is 11.6. The molecule has 1 saturated heterocycles. The lowest BCUT2D eigenvalue weighted by atomic mass is 10.2. The standard InChI is InChI=1S/C15H20ClNO3/c16-8-2-7-15(18)17-12-4-1-5-13(10-12)20-11-14-6-3-9-19-14/h1,4-5,10,14H,2-3,6-9,11H2,(H,17,18). The van der Waals surface area contributed by atoms with Crippen molar-refractivity contribution in [2.75, 3.05) is 24.4 Å². The number of ether oxygens (including phenoxy) is 2. The minimum absolute atomic E-state index is 0.0260. The second-order valence-corrected chi connectivity index (χ2v) is 5.19. The highest BCUT2D eigenvalue weighted by Crippen LogP contribution is 2.19. The smallest absolute Gasteiger partial charge is 0.224 e. The zero-order valence-electron chi connectivity index (χ0n) is 11.4. The Morgan fingerprint density at radius 2 is 2.40 bits per heavy atom. The second-order valence-electron chi connectivity index (χ2n) is 4.81. The van der Waals surface area contributed by atoms with E-state index >= 15 is 0 Å². The van der Waals surface area contributed by atoms with E-state index in [1.54, 1.807) is 0 Å². The van der Waals surface area contributed by atoms with Crippen LogP contribution >= 0.6 is 11.6 Å². The van der Waals surface area contributed by atoms with Crippen LogP contribution in [0.3, 0.4) is 0 Å². The van der Waals surface area contributed by atoms with Crippen molar-refractivity contribution in [1.82, 2.24) is 0 Å². The minimum Gasteiger partial charge on any atom is -0.491 e. The topological polar surface area (TPSA) is 47.6 Å². The van der Waals surface area contributed by atoms with Crippen LogP contribution in [0.25, 0.3) is 0 Å². The largest absolute Gasteiger partial charge is 0.491 e. The zero-order valence-corrected chi connectivity index (χ0v) is 12.2. The molecule has 1 aromatic rings. The summed E-state index contributed by atoms with van der Waals surface area (Å²) >= 11 is 5.57. The number of alkyl halides is 1. The molecule has 1 N–H and O–H groups in total. The number of hydrogen-bond acceptors (Lipinski definition) is 3. The maximum atomic E-state index is 11.6. The van der Waals surface area contributed by atoms with Gasteiger partial charge in [-0.1, -0.05) is 6.07 Å². The Morgan fingerprint density at radius 1 is 1.50 bits per heavy atom. The Morgan fingerprint density at radius 3 is 3.15 bits per heavy atom. The van der Waals surface area contributed by atoms with Gasteiger partial charge in [0, 0.05) is 30.7 Å². The molecule has 0 spiro atoms. The molecule has 110 valence electrons. The molecule has 1 atom stereocenters. The van der Waals surface area contributed by atoms with E-state index < -0.39 is 0 Å². The van der Waals surface area contributed by atoms with E-state index in [1.807, 2.05) is 24.3 Å². The summed E-state index contributed by atoms with van der Waals surface area (Å²) in [6.45, 7) is 1.38. The molecular weight excluding hydrogens is 278 g/mol. The van der Waals surface area contributed by atoms with Crippen LogP contribution in [-0.4, -0.2) is 31.1 Å². The maximum Gasteiger partial charge on any atom is 0.224 e. The fourth-order valence-corrected chi connectivity index (χ4v) is 2.21. The van der Waals surface area contributed by atoms with E-state index in [0.29, 0.717) is 25.3 Å². The molecule has 1 fully saturated rings. The van der Waals surface area contributed by atoms with E-state index in [1.165, 1.54) is 0 Å². The lowest BCUT2D eigenvalue weighted by Crippen LogP contribution is -2.16. The lowest BCUT2D eigenvalue weighted by molar-refractivity contribution is -0.116. The summed E-state index contributed by atoms with van der Waals surface area (Å²) in [5.41, 5.74) is 0.745. The molecule has 5 heteroatoms. The van der Waals surface area contributed by atoms with Crippen molar-refractivity contribution < 1.29 is 14.3 Å². The molecule has 1 unspecified atom stereocenters. The van der Waals surface area contributed by atoms with Crippen molar-refractivity contribution in [3.63, 3.8) is 0 Å². The summed E-state index contributed by atoms with van der Waals surface area (Å²) in [7, 11) is 0. The minimum atomic E-state index is -0.0260. The van der Waals surface area contributed by atoms with Crippen molar-refractivity contribution in [2.24, 2.45) is 0 Å². The van der Waals surface area contributed by atoms with Gasteiger partial charge in [-0.15, -0.1) is 11.6 Å². The number of carbonyl (C=O) groups excluding carboxylic acids is 1. The van der Waals surface area contributed by atoms with E-state index in [4.69, 9.17) is 21.1 Å². The molecule has 1 heterocycles. The molecule has 0 radical (unpaired) electrons. The molecule has 2 rings (SSSR count). The first-order valence-electron chi connectivity index (χ1n) is 6.98. The Hall–Kier alpha value is -1.26. The summed E-state index contributed by atoms with van der Waals surface area (Å²) in [5, 5.41) is 2.84. The normalized spacial score (nSPS) is 17.9. The van der Waals surface area contributed by atoms with Gasteiger partial charge in [-0.05, 0) is 31.4 Å². The summed E-state index contributed by atoms with van der Waals surface area (Å²) in [6, 6.07) is 7.41. The number of carbonyl (C=O) groups is 1. The molecule has 0 saturated carbocycles. The molecule has 4 nitrogen and oxygen atoms in total. The fourth-order valence-electron chi connectivity index (χ4n) is 2.08. The highest BCUT2D eigenvalue weighted by Gasteiger charge is 2.16. The van der Waals surface area contributed by atoms with Crippen LogP contribution in [0.4, 0.5) is 5.69 Å². The van der Waals surface area contributed by atoms with Gasteiger partial charge in [0.1, 0.15) is 12.4 Å². The average Bonchev–Trinajstić information content (AvgIpc) is 2.97. The van der Waals surface area contributed by atoms with E-state index in [2.05, 4.69) is 5.32 Å². The molecule has 1 aliphatic heterocycles. The summed E-state index contributed by atoms with van der Waals surface area (Å²) in [5.74, 6) is 1.22. The molecule has 0 aliphatic carbocycles. The number of amides is 1. The van der Waals surface area contributed by atoms with Crippen molar-refractivity contribution >= 4 is 23.2 Å². The van der Waals surface area contributed by atoms with E-state index in [0.717, 1.165) is 30.9 Å². The number of anilines is 1. The van der Waals surface area contributed by atoms with Gasteiger partial charge in [0.05, 0.1) is 6.10 Å². The Bertz CT molecular complexity index is 433. The van der Waals surface area contributed by atoms with Crippen molar-refractivity contribution in [3.8, 4) is 5.75 Å². The Kier molecular flexibility index (Phi) is 6.15. The summed E-state index contributed by atoms with van der Waals surface area (Å²) < 4.78 is 11.2. The molecule has 1 aromatic carbocycles. The predicted octanol–water partition coefficient (Wildman–Crippen LogP) is 3.20. The van der Waals surface area contributed by atoms with Crippen molar-refractivity contribution in [1.29, 1.82) is 0 Å². The molecule has 1 amide bonds. The van der Waals surface area contributed by atoms with Crippen molar-refractivity contribution in [3.05, 3.63) is 24.3 Å². The van der Waals surface area contributed by atoms with Crippen LogP contribution in [0.15, 0.2) is 24.3 Å². The SMILES string of the molecule is O=C(CCCCl)Nc1cccc(OCC2CCCO2)c1. The molecule has 0 bridgehead atoms.